The zero-order valence-corrected chi connectivity index (χ0v) is 10.2. The number of rotatable bonds is 4. The lowest BCUT2D eigenvalue weighted by Gasteiger charge is -2.25. The molecule has 1 aliphatic heterocycles. The normalized spacial score (nSPS) is 26.1. The van der Waals surface area contributed by atoms with Gasteiger partial charge in [-0.1, -0.05) is 13.0 Å². The van der Waals surface area contributed by atoms with Crippen molar-refractivity contribution in [2.75, 3.05) is 26.7 Å². The highest BCUT2D eigenvalue weighted by molar-refractivity contribution is 5.16. The summed E-state index contributed by atoms with van der Waals surface area (Å²) >= 11 is 0. The highest BCUT2D eigenvalue weighted by Crippen LogP contribution is 2.35. The van der Waals surface area contributed by atoms with Crippen molar-refractivity contribution in [1.82, 2.24) is 15.2 Å². The average Bonchev–Trinajstić information content (AvgIpc) is 2.69. The third-order valence-corrected chi connectivity index (χ3v) is 3.46. The van der Waals surface area contributed by atoms with E-state index in [1.165, 1.54) is 18.5 Å². The number of aromatic nitrogens is 1. The number of likely N-dealkylation sites (tertiary alicyclic amines) is 1. The van der Waals surface area contributed by atoms with Gasteiger partial charge in [0.25, 0.3) is 0 Å². The molecule has 3 nitrogen and oxygen atoms in total. The molecule has 2 unspecified atom stereocenters. The first-order valence-corrected chi connectivity index (χ1v) is 6.13. The number of hydrogen-bond acceptors (Lipinski definition) is 3. The molecule has 0 aromatic carbocycles. The predicted octanol–water partition coefficient (Wildman–Crippen LogP) is 1.68. The van der Waals surface area contributed by atoms with E-state index < -0.39 is 0 Å². The maximum Gasteiger partial charge on any atom is 0.0401 e. The molecule has 1 aromatic heterocycles. The Morgan fingerprint density at radius 1 is 1.56 bits per heavy atom. The summed E-state index contributed by atoms with van der Waals surface area (Å²) in [6.07, 6.45) is 5.13. The Balaban J connectivity index is 2.10. The van der Waals surface area contributed by atoms with Crippen LogP contribution in [0.15, 0.2) is 24.5 Å². The fourth-order valence-electron chi connectivity index (χ4n) is 2.65. The molecule has 2 atom stereocenters. The Labute approximate surface area is 97.9 Å². The van der Waals surface area contributed by atoms with Gasteiger partial charge in [0, 0.05) is 18.4 Å². The molecule has 2 rings (SSSR count). The van der Waals surface area contributed by atoms with E-state index in [0.717, 1.165) is 13.1 Å². The van der Waals surface area contributed by atoms with Crippen molar-refractivity contribution in [2.45, 2.75) is 19.4 Å². The third-order valence-electron chi connectivity index (χ3n) is 3.46. The smallest absolute Gasteiger partial charge is 0.0401 e. The molecule has 0 spiro atoms. The van der Waals surface area contributed by atoms with Crippen LogP contribution < -0.4 is 5.32 Å². The van der Waals surface area contributed by atoms with Gasteiger partial charge in [0.1, 0.15) is 0 Å². The van der Waals surface area contributed by atoms with Crippen LogP contribution in [0.2, 0.25) is 0 Å². The summed E-state index contributed by atoms with van der Waals surface area (Å²) in [4.78, 5) is 6.67. The standard InChI is InChI=1S/C13H21N3/c1-3-14-9-12-6-8-16(2)13(12)11-5-4-7-15-10-11/h4-5,7,10,12-14H,3,6,8-9H2,1-2H3. The second-order valence-electron chi connectivity index (χ2n) is 4.57. The first kappa shape index (κ1) is 11.6. The van der Waals surface area contributed by atoms with E-state index in [2.05, 4.69) is 35.2 Å². The van der Waals surface area contributed by atoms with Crippen LogP contribution in [0.3, 0.4) is 0 Å². The Morgan fingerprint density at radius 3 is 3.12 bits per heavy atom. The zero-order chi connectivity index (χ0) is 11.4. The van der Waals surface area contributed by atoms with Crippen LogP contribution in [0, 0.1) is 5.92 Å². The number of pyridine rings is 1. The molecule has 1 aliphatic rings. The van der Waals surface area contributed by atoms with Gasteiger partial charge in [0.05, 0.1) is 0 Å². The van der Waals surface area contributed by atoms with Gasteiger partial charge in [-0.2, -0.15) is 0 Å². The second kappa shape index (κ2) is 5.41. The zero-order valence-electron chi connectivity index (χ0n) is 10.2. The van der Waals surface area contributed by atoms with Crippen LogP contribution in [0.5, 0.6) is 0 Å². The molecular formula is C13H21N3. The van der Waals surface area contributed by atoms with Gasteiger partial charge in [-0.05, 0) is 50.7 Å². The lowest BCUT2D eigenvalue weighted by Crippen LogP contribution is -2.28. The SMILES string of the molecule is CCNCC1CCN(C)C1c1cccnc1. The average molecular weight is 219 g/mol. The van der Waals surface area contributed by atoms with Crippen molar-refractivity contribution >= 4 is 0 Å². The van der Waals surface area contributed by atoms with Gasteiger partial charge in [-0.3, -0.25) is 9.88 Å². The highest BCUT2D eigenvalue weighted by atomic mass is 15.2. The van der Waals surface area contributed by atoms with Gasteiger partial charge >= 0.3 is 0 Å². The Hall–Kier alpha value is -0.930. The summed E-state index contributed by atoms with van der Waals surface area (Å²) in [6.45, 7) is 5.52. The van der Waals surface area contributed by atoms with Crippen LogP contribution in [0.1, 0.15) is 24.9 Å². The summed E-state index contributed by atoms with van der Waals surface area (Å²) in [7, 11) is 2.21. The van der Waals surface area contributed by atoms with Crippen LogP contribution in [-0.2, 0) is 0 Å². The quantitative estimate of drug-likeness (QED) is 0.835. The molecule has 1 saturated heterocycles. The van der Waals surface area contributed by atoms with Crippen LogP contribution in [-0.4, -0.2) is 36.6 Å². The van der Waals surface area contributed by atoms with Gasteiger partial charge in [-0.25, -0.2) is 0 Å². The van der Waals surface area contributed by atoms with Crippen LogP contribution in [0.25, 0.3) is 0 Å². The number of hydrogen-bond donors (Lipinski definition) is 1. The molecular weight excluding hydrogens is 198 g/mol. The van der Waals surface area contributed by atoms with E-state index in [1.807, 2.05) is 18.5 Å². The fourth-order valence-corrected chi connectivity index (χ4v) is 2.65. The monoisotopic (exact) mass is 219 g/mol. The van der Waals surface area contributed by atoms with Gasteiger partial charge < -0.3 is 5.32 Å². The predicted molar refractivity (Wildman–Crippen MR) is 66.3 cm³/mol. The number of nitrogens with one attached hydrogen (secondary N) is 1. The fraction of sp³-hybridized carbons (Fsp3) is 0.615. The number of nitrogens with zero attached hydrogens (tertiary/aromatic N) is 2. The summed E-state index contributed by atoms with van der Waals surface area (Å²) in [5.41, 5.74) is 1.35. The summed E-state index contributed by atoms with van der Waals surface area (Å²) in [6, 6.07) is 4.76. The minimum Gasteiger partial charge on any atom is -0.317 e. The molecule has 1 N–H and O–H groups in total. The molecule has 0 saturated carbocycles. The lowest BCUT2D eigenvalue weighted by atomic mass is 9.95. The Bertz CT molecular complexity index is 312. The van der Waals surface area contributed by atoms with Crippen molar-refractivity contribution in [1.29, 1.82) is 0 Å². The maximum absolute atomic E-state index is 4.23. The molecule has 16 heavy (non-hydrogen) atoms. The van der Waals surface area contributed by atoms with E-state index >= 15 is 0 Å². The van der Waals surface area contributed by atoms with E-state index in [9.17, 15) is 0 Å². The van der Waals surface area contributed by atoms with E-state index in [4.69, 9.17) is 0 Å². The Kier molecular flexibility index (Phi) is 3.91. The highest BCUT2D eigenvalue weighted by Gasteiger charge is 2.32. The molecule has 0 aliphatic carbocycles. The van der Waals surface area contributed by atoms with Gasteiger partial charge in [0.15, 0.2) is 0 Å². The van der Waals surface area contributed by atoms with Gasteiger partial charge in [0.2, 0.25) is 0 Å². The molecule has 0 amide bonds. The van der Waals surface area contributed by atoms with Crippen molar-refractivity contribution in [3.05, 3.63) is 30.1 Å². The molecule has 1 aromatic rings. The van der Waals surface area contributed by atoms with Crippen molar-refractivity contribution in [2.24, 2.45) is 5.92 Å². The molecule has 2 heterocycles. The molecule has 1 fully saturated rings. The minimum atomic E-state index is 0.535. The van der Waals surface area contributed by atoms with Crippen molar-refractivity contribution in [3.8, 4) is 0 Å². The van der Waals surface area contributed by atoms with E-state index in [-0.39, 0.29) is 0 Å². The van der Waals surface area contributed by atoms with Crippen molar-refractivity contribution in [3.63, 3.8) is 0 Å². The summed E-state index contributed by atoms with van der Waals surface area (Å²) < 4.78 is 0. The van der Waals surface area contributed by atoms with Crippen LogP contribution >= 0.6 is 0 Å². The van der Waals surface area contributed by atoms with Gasteiger partial charge in [-0.15, -0.1) is 0 Å². The summed E-state index contributed by atoms with van der Waals surface area (Å²) in [5.74, 6) is 0.717. The molecule has 0 bridgehead atoms. The lowest BCUT2D eigenvalue weighted by molar-refractivity contribution is 0.272. The first-order valence-electron chi connectivity index (χ1n) is 6.13. The first-order chi connectivity index (χ1) is 7.83. The molecule has 88 valence electrons. The second-order valence-corrected chi connectivity index (χ2v) is 4.57. The third kappa shape index (κ3) is 2.42. The largest absolute Gasteiger partial charge is 0.317 e. The Morgan fingerprint density at radius 2 is 2.44 bits per heavy atom. The maximum atomic E-state index is 4.23. The molecule has 3 heteroatoms. The topological polar surface area (TPSA) is 28.2 Å². The summed E-state index contributed by atoms with van der Waals surface area (Å²) in [5, 5.41) is 3.46. The van der Waals surface area contributed by atoms with E-state index in [0.29, 0.717) is 12.0 Å². The van der Waals surface area contributed by atoms with Crippen LogP contribution in [0.4, 0.5) is 0 Å². The minimum absolute atomic E-state index is 0.535. The van der Waals surface area contributed by atoms with Crippen molar-refractivity contribution < 1.29 is 0 Å². The molecule has 0 radical (unpaired) electrons. The van der Waals surface area contributed by atoms with E-state index in [1.54, 1.807) is 0 Å².